The average molecular weight is 293 g/mol. The van der Waals surface area contributed by atoms with Gasteiger partial charge in [-0.25, -0.2) is 0 Å². The van der Waals surface area contributed by atoms with E-state index < -0.39 is 0 Å². The molecular weight excluding hydrogens is 270 g/mol. The quantitative estimate of drug-likeness (QED) is 0.836. The normalized spacial score (nSPS) is 26.8. The molecule has 2 aliphatic rings. The number of nitrogens with zero attached hydrogens (tertiary/aromatic N) is 1. The molecule has 2 aliphatic heterocycles. The summed E-state index contributed by atoms with van der Waals surface area (Å²) in [4.78, 5) is 15.8. The Morgan fingerprint density at radius 2 is 2.20 bits per heavy atom. The molecular formula is C16H23NO2S. The molecule has 1 saturated heterocycles. The van der Waals surface area contributed by atoms with Crippen LogP contribution in [0.2, 0.25) is 0 Å². The third kappa shape index (κ3) is 2.01. The number of carbonyl (C=O) groups excluding carboxylic acids is 1. The summed E-state index contributed by atoms with van der Waals surface area (Å²) < 4.78 is 5.84. The largest absolute Gasteiger partial charge is 0.372 e. The fourth-order valence-corrected chi connectivity index (χ4v) is 4.11. The highest BCUT2D eigenvalue weighted by molar-refractivity contribution is 7.10. The van der Waals surface area contributed by atoms with Gasteiger partial charge < -0.3 is 9.64 Å². The minimum absolute atomic E-state index is 0.0363. The zero-order valence-corrected chi connectivity index (χ0v) is 13.5. The van der Waals surface area contributed by atoms with Crippen molar-refractivity contribution in [3.8, 4) is 0 Å². The molecule has 20 heavy (non-hydrogen) atoms. The summed E-state index contributed by atoms with van der Waals surface area (Å²) in [7, 11) is 0. The number of ether oxygens (including phenoxy) is 1. The smallest absolute Gasteiger partial charge is 0.226 e. The maximum absolute atomic E-state index is 12.6. The minimum Gasteiger partial charge on any atom is -0.372 e. The predicted molar refractivity (Wildman–Crippen MR) is 80.9 cm³/mol. The van der Waals surface area contributed by atoms with Crippen molar-refractivity contribution >= 4 is 17.2 Å². The Balaban J connectivity index is 1.70. The number of fused-ring (bicyclic) bond motifs is 1. The Morgan fingerprint density at radius 1 is 1.45 bits per heavy atom. The van der Waals surface area contributed by atoms with Gasteiger partial charge in [-0.15, -0.1) is 11.3 Å². The van der Waals surface area contributed by atoms with Gasteiger partial charge in [0.25, 0.3) is 0 Å². The van der Waals surface area contributed by atoms with E-state index in [1.54, 1.807) is 11.3 Å². The zero-order chi connectivity index (χ0) is 14.5. The standard InChI is InChI=1S/C16H23NO2S/c1-15(2)10-17(16(15,3)4)13(18)9-12-14-11(5-7-19-12)6-8-20-14/h6,8,12H,5,7,9-10H2,1-4H3. The molecule has 1 fully saturated rings. The first-order valence-corrected chi connectivity index (χ1v) is 8.19. The van der Waals surface area contributed by atoms with Crippen molar-refractivity contribution in [3.05, 3.63) is 21.9 Å². The lowest BCUT2D eigenvalue weighted by Crippen LogP contribution is -2.70. The monoisotopic (exact) mass is 293 g/mol. The second kappa shape index (κ2) is 4.57. The predicted octanol–water partition coefficient (Wildman–Crippen LogP) is 3.40. The van der Waals surface area contributed by atoms with Crippen LogP contribution >= 0.6 is 11.3 Å². The molecule has 0 saturated carbocycles. The van der Waals surface area contributed by atoms with Gasteiger partial charge in [0.05, 0.1) is 13.0 Å². The number of thiophene rings is 1. The van der Waals surface area contributed by atoms with Crippen LogP contribution in [0.4, 0.5) is 0 Å². The number of hydrogen-bond donors (Lipinski definition) is 0. The number of amides is 1. The van der Waals surface area contributed by atoms with Crippen LogP contribution in [0.15, 0.2) is 11.4 Å². The molecule has 0 bridgehead atoms. The first-order valence-electron chi connectivity index (χ1n) is 7.31. The SMILES string of the molecule is CC1(C)CN(C(=O)CC2OCCc3ccsc32)C1(C)C. The molecule has 3 heterocycles. The second-order valence-electron chi connectivity index (χ2n) is 7.05. The van der Waals surface area contributed by atoms with Crippen LogP contribution in [0.5, 0.6) is 0 Å². The molecule has 1 atom stereocenters. The lowest BCUT2D eigenvalue weighted by molar-refractivity contribution is -0.170. The van der Waals surface area contributed by atoms with Crippen molar-refractivity contribution in [3.63, 3.8) is 0 Å². The van der Waals surface area contributed by atoms with Gasteiger partial charge in [0.15, 0.2) is 0 Å². The van der Waals surface area contributed by atoms with Crippen LogP contribution in [0.1, 0.15) is 50.7 Å². The molecule has 1 unspecified atom stereocenters. The first kappa shape index (κ1) is 14.1. The fourth-order valence-electron chi connectivity index (χ4n) is 3.10. The molecule has 110 valence electrons. The molecule has 1 amide bonds. The Morgan fingerprint density at radius 3 is 2.85 bits per heavy atom. The summed E-state index contributed by atoms with van der Waals surface area (Å²) in [6, 6.07) is 2.16. The first-order chi connectivity index (χ1) is 9.33. The highest BCUT2D eigenvalue weighted by Gasteiger charge is 2.54. The maximum Gasteiger partial charge on any atom is 0.226 e. The molecule has 0 N–H and O–H groups in total. The average Bonchev–Trinajstić information content (AvgIpc) is 2.85. The lowest BCUT2D eigenvalue weighted by Gasteiger charge is -2.61. The summed E-state index contributed by atoms with van der Waals surface area (Å²) in [5.74, 6) is 0.223. The van der Waals surface area contributed by atoms with Crippen LogP contribution in [-0.2, 0) is 16.0 Å². The van der Waals surface area contributed by atoms with Crippen LogP contribution < -0.4 is 0 Å². The maximum atomic E-state index is 12.6. The minimum atomic E-state index is -0.0585. The topological polar surface area (TPSA) is 29.5 Å². The van der Waals surface area contributed by atoms with E-state index in [4.69, 9.17) is 4.74 Å². The van der Waals surface area contributed by atoms with Crippen molar-refractivity contribution < 1.29 is 9.53 Å². The van der Waals surface area contributed by atoms with Gasteiger partial charge >= 0.3 is 0 Å². The summed E-state index contributed by atoms with van der Waals surface area (Å²) in [6.45, 7) is 10.4. The Bertz CT molecular complexity index is 532. The van der Waals surface area contributed by atoms with Gasteiger partial charge in [-0.3, -0.25) is 4.79 Å². The van der Waals surface area contributed by atoms with E-state index in [0.29, 0.717) is 6.42 Å². The van der Waals surface area contributed by atoms with Gasteiger partial charge in [0.1, 0.15) is 6.10 Å². The van der Waals surface area contributed by atoms with E-state index in [1.807, 2.05) is 4.90 Å². The zero-order valence-electron chi connectivity index (χ0n) is 12.7. The summed E-state index contributed by atoms with van der Waals surface area (Å²) in [6.07, 6.45) is 1.42. The molecule has 3 rings (SSSR count). The third-order valence-corrected chi connectivity index (χ3v) is 6.36. The molecule has 4 heteroatoms. The van der Waals surface area contributed by atoms with Crippen molar-refractivity contribution in [2.24, 2.45) is 5.41 Å². The lowest BCUT2D eigenvalue weighted by atomic mass is 9.65. The summed E-state index contributed by atoms with van der Waals surface area (Å²) in [5.41, 5.74) is 1.50. The molecule has 0 aromatic carbocycles. The number of likely N-dealkylation sites (tertiary alicyclic amines) is 1. The van der Waals surface area contributed by atoms with Crippen LogP contribution in [0.25, 0.3) is 0 Å². The van der Waals surface area contributed by atoms with E-state index in [0.717, 1.165) is 19.6 Å². The summed E-state index contributed by atoms with van der Waals surface area (Å²) >= 11 is 1.72. The van der Waals surface area contributed by atoms with Gasteiger partial charge in [-0.05, 0) is 37.3 Å². The van der Waals surface area contributed by atoms with Gasteiger partial charge in [0, 0.05) is 22.4 Å². The van der Waals surface area contributed by atoms with Crippen molar-refractivity contribution in [2.45, 2.75) is 52.2 Å². The molecule has 0 spiro atoms. The van der Waals surface area contributed by atoms with Crippen LogP contribution in [-0.4, -0.2) is 29.5 Å². The van der Waals surface area contributed by atoms with E-state index in [1.165, 1.54) is 10.4 Å². The fraction of sp³-hybridized carbons (Fsp3) is 0.688. The number of rotatable bonds is 2. The molecule has 3 nitrogen and oxygen atoms in total. The van der Waals surface area contributed by atoms with Gasteiger partial charge in [-0.2, -0.15) is 0 Å². The molecule has 1 aromatic rings. The number of carbonyl (C=O) groups is 1. The van der Waals surface area contributed by atoms with E-state index in [-0.39, 0.29) is 23.0 Å². The van der Waals surface area contributed by atoms with Crippen molar-refractivity contribution in [1.82, 2.24) is 4.90 Å². The van der Waals surface area contributed by atoms with E-state index in [2.05, 4.69) is 39.1 Å². The summed E-state index contributed by atoms with van der Waals surface area (Å²) in [5, 5.41) is 2.10. The van der Waals surface area contributed by atoms with E-state index in [9.17, 15) is 4.79 Å². The van der Waals surface area contributed by atoms with E-state index >= 15 is 0 Å². The Kier molecular flexibility index (Phi) is 3.22. The van der Waals surface area contributed by atoms with Crippen LogP contribution in [0.3, 0.4) is 0 Å². The molecule has 0 aliphatic carbocycles. The second-order valence-corrected chi connectivity index (χ2v) is 7.99. The van der Waals surface area contributed by atoms with Gasteiger partial charge in [0.2, 0.25) is 5.91 Å². The highest BCUT2D eigenvalue weighted by Crippen LogP contribution is 2.47. The Hall–Kier alpha value is -0.870. The van der Waals surface area contributed by atoms with Crippen molar-refractivity contribution in [1.29, 1.82) is 0 Å². The third-order valence-electron chi connectivity index (χ3n) is 5.31. The van der Waals surface area contributed by atoms with Gasteiger partial charge in [-0.1, -0.05) is 13.8 Å². The highest BCUT2D eigenvalue weighted by atomic mass is 32.1. The molecule has 0 radical (unpaired) electrons. The number of hydrogen-bond acceptors (Lipinski definition) is 3. The van der Waals surface area contributed by atoms with Crippen LogP contribution in [0, 0.1) is 5.41 Å². The molecule has 1 aromatic heterocycles. The van der Waals surface area contributed by atoms with Crippen molar-refractivity contribution in [2.75, 3.05) is 13.2 Å². The Labute approximate surface area is 124 Å².